The summed E-state index contributed by atoms with van der Waals surface area (Å²) < 4.78 is 0.744. The standard InChI is InChI=1S/C8H8BrClN2O/c1-5-2-7(9)11-4-6(5)12-8(13)3-10/h2,4H,3H2,1H3,(H,12,13). The van der Waals surface area contributed by atoms with Gasteiger partial charge in [-0.3, -0.25) is 4.79 Å². The zero-order chi connectivity index (χ0) is 9.84. The third-order valence-electron chi connectivity index (χ3n) is 1.47. The maximum atomic E-state index is 10.9. The van der Waals surface area contributed by atoms with Crippen LogP contribution < -0.4 is 5.32 Å². The molecular formula is C8H8BrClN2O. The molecule has 0 aromatic carbocycles. The second-order valence-corrected chi connectivity index (χ2v) is 3.58. The van der Waals surface area contributed by atoms with E-state index in [1.807, 2.05) is 13.0 Å². The van der Waals surface area contributed by atoms with Crippen molar-refractivity contribution in [3.63, 3.8) is 0 Å². The van der Waals surface area contributed by atoms with Crippen LogP contribution in [-0.2, 0) is 4.79 Å². The zero-order valence-corrected chi connectivity index (χ0v) is 9.32. The number of alkyl halides is 1. The van der Waals surface area contributed by atoms with Gasteiger partial charge in [0, 0.05) is 0 Å². The number of halogens is 2. The van der Waals surface area contributed by atoms with E-state index >= 15 is 0 Å². The van der Waals surface area contributed by atoms with Crippen LogP contribution in [0, 0.1) is 6.92 Å². The number of aryl methyl sites for hydroxylation is 1. The Morgan fingerprint density at radius 2 is 2.46 bits per heavy atom. The molecule has 1 amide bonds. The van der Waals surface area contributed by atoms with Gasteiger partial charge >= 0.3 is 0 Å². The molecule has 0 saturated carbocycles. The first-order valence-electron chi connectivity index (χ1n) is 3.61. The van der Waals surface area contributed by atoms with Crippen LogP contribution in [-0.4, -0.2) is 16.8 Å². The molecule has 70 valence electrons. The average molecular weight is 264 g/mol. The van der Waals surface area contributed by atoms with Gasteiger partial charge in [-0.2, -0.15) is 0 Å². The number of nitrogens with zero attached hydrogens (tertiary/aromatic N) is 1. The van der Waals surface area contributed by atoms with E-state index in [0.717, 1.165) is 10.2 Å². The van der Waals surface area contributed by atoms with Gasteiger partial charge in [-0.1, -0.05) is 0 Å². The summed E-state index contributed by atoms with van der Waals surface area (Å²) in [7, 11) is 0. The van der Waals surface area contributed by atoms with Gasteiger partial charge in [0.2, 0.25) is 5.91 Å². The van der Waals surface area contributed by atoms with Crippen LogP contribution in [0.1, 0.15) is 5.56 Å². The monoisotopic (exact) mass is 262 g/mol. The molecule has 0 aliphatic carbocycles. The fourth-order valence-electron chi connectivity index (χ4n) is 0.836. The van der Waals surface area contributed by atoms with Crippen molar-refractivity contribution in [3.05, 3.63) is 22.4 Å². The maximum absolute atomic E-state index is 10.9. The van der Waals surface area contributed by atoms with E-state index in [4.69, 9.17) is 11.6 Å². The maximum Gasteiger partial charge on any atom is 0.239 e. The molecule has 0 bridgehead atoms. The number of carbonyl (C=O) groups excluding carboxylic acids is 1. The summed E-state index contributed by atoms with van der Waals surface area (Å²) in [6.45, 7) is 1.89. The lowest BCUT2D eigenvalue weighted by Crippen LogP contribution is -2.13. The van der Waals surface area contributed by atoms with Crippen molar-refractivity contribution >= 4 is 39.1 Å². The number of aromatic nitrogens is 1. The summed E-state index contributed by atoms with van der Waals surface area (Å²) >= 11 is 8.57. The molecule has 1 aromatic heterocycles. The van der Waals surface area contributed by atoms with Gasteiger partial charge < -0.3 is 5.32 Å². The molecule has 1 aromatic rings. The molecule has 1 heterocycles. The molecule has 0 fully saturated rings. The Balaban J connectivity index is 2.83. The van der Waals surface area contributed by atoms with Crippen molar-refractivity contribution in [2.24, 2.45) is 0 Å². The smallest absolute Gasteiger partial charge is 0.239 e. The Morgan fingerprint density at radius 1 is 1.77 bits per heavy atom. The highest BCUT2D eigenvalue weighted by Gasteiger charge is 2.03. The Kier molecular flexibility index (Phi) is 3.69. The molecule has 1 rings (SSSR count). The lowest BCUT2D eigenvalue weighted by Gasteiger charge is -2.05. The number of anilines is 1. The van der Waals surface area contributed by atoms with Crippen molar-refractivity contribution in [1.29, 1.82) is 0 Å². The highest BCUT2D eigenvalue weighted by Crippen LogP contribution is 2.16. The van der Waals surface area contributed by atoms with Crippen molar-refractivity contribution < 1.29 is 4.79 Å². The summed E-state index contributed by atoms with van der Waals surface area (Å²) in [6.07, 6.45) is 1.59. The number of carbonyl (C=O) groups is 1. The molecule has 5 heteroatoms. The lowest BCUT2D eigenvalue weighted by atomic mass is 10.2. The van der Waals surface area contributed by atoms with Crippen LogP contribution in [0.5, 0.6) is 0 Å². The molecule has 1 N–H and O–H groups in total. The number of pyridine rings is 1. The van der Waals surface area contributed by atoms with E-state index in [1.54, 1.807) is 6.20 Å². The zero-order valence-electron chi connectivity index (χ0n) is 6.97. The van der Waals surface area contributed by atoms with Crippen LogP contribution in [0.15, 0.2) is 16.9 Å². The van der Waals surface area contributed by atoms with E-state index in [0.29, 0.717) is 5.69 Å². The quantitative estimate of drug-likeness (QED) is 0.657. The molecule has 0 atom stereocenters. The third kappa shape index (κ3) is 2.97. The van der Waals surface area contributed by atoms with E-state index in [1.165, 1.54) is 0 Å². The highest BCUT2D eigenvalue weighted by atomic mass is 79.9. The normalized spacial score (nSPS) is 9.77. The second kappa shape index (κ2) is 4.58. The number of nitrogens with one attached hydrogen (secondary N) is 1. The van der Waals surface area contributed by atoms with Crippen LogP contribution in [0.25, 0.3) is 0 Å². The van der Waals surface area contributed by atoms with Gasteiger partial charge in [-0.05, 0) is 34.5 Å². The first kappa shape index (κ1) is 10.5. The largest absolute Gasteiger partial charge is 0.323 e. The predicted molar refractivity (Wildman–Crippen MR) is 56.0 cm³/mol. The van der Waals surface area contributed by atoms with Gasteiger partial charge in [-0.15, -0.1) is 11.6 Å². The van der Waals surface area contributed by atoms with Crippen molar-refractivity contribution in [1.82, 2.24) is 4.98 Å². The fourth-order valence-corrected chi connectivity index (χ4v) is 1.35. The number of amides is 1. The molecule has 0 aliphatic heterocycles. The minimum atomic E-state index is -0.228. The Bertz CT molecular complexity index is 330. The molecule has 13 heavy (non-hydrogen) atoms. The van der Waals surface area contributed by atoms with E-state index in [-0.39, 0.29) is 11.8 Å². The number of hydrogen-bond donors (Lipinski definition) is 1. The third-order valence-corrected chi connectivity index (χ3v) is 2.15. The average Bonchev–Trinajstić information content (AvgIpc) is 2.09. The summed E-state index contributed by atoms with van der Waals surface area (Å²) in [5, 5.41) is 2.63. The van der Waals surface area contributed by atoms with E-state index < -0.39 is 0 Å². The van der Waals surface area contributed by atoms with Crippen molar-refractivity contribution in [2.75, 3.05) is 11.2 Å². The minimum Gasteiger partial charge on any atom is -0.323 e. The van der Waals surface area contributed by atoms with Crippen LogP contribution in [0.2, 0.25) is 0 Å². The van der Waals surface area contributed by atoms with Crippen LogP contribution in [0.3, 0.4) is 0 Å². The van der Waals surface area contributed by atoms with Crippen molar-refractivity contribution in [3.8, 4) is 0 Å². The minimum absolute atomic E-state index is 0.0461. The molecule has 0 spiro atoms. The fraction of sp³-hybridized carbons (Fsp3) is 0.250. The molecule has 0 radical (unpaired) electrons. The molecular weight excluding hydrogens is 255 g/mol. The van der Waals surface area contributed by atoms with Gasteiger partial charge in [0.25, 0.3) is 0 Å². The van der Waals surface area contributed by atoms with Crippen LogP contribution in [0.4, 0.5) is 5.69 Å². The Hall–Kier alpha value is -0.610. The van der Waals surface area contributed by atoms with Crippen LogP contribution >= 0.6 is 27.5 Å². The molecule has 3 nitrogen and oxygen atoms in total. The summed E-state index contributed by atoms with van der Waals surface area (Å²) in [5.41, 5.74) is 1.63. The van der Waals surface area contributed by atoms with Gasteiger partial charge in [0.15, 0.2) is 0 Å². The first-order chi connectivity index (χ1) is 6.13. The first-order valence-corrected chi connectivity index (χ1v) is 4.94. The highest BCUT2D eigenvalue weighted by molar-refractivity contribution is 9.10. The number of rotatable bonds is 2. The summed E-state index contributed by atoms with van der Waals surface area (Å²) in [4.78, 5) is 14.9. The number of hydrogen-bond acceptors (Lipinski definition) is 2. The molecule has 0 unspecified atom stereocenters. The Morgan fingerprint density at radius 3 is 3.00 bits per heavy atom. The predicted octanol–water partition coefficient (Wildman–Crippen LogP) is 2.33. The lowest BCUT2D eigenvalue weighted by molar-refractivity contribution is -0.113. The van der Waals surface area contributed by atoms with E-state index in [9.17, 15) is 4.79 Å². The van der Waals surface area contributed by atoms with Gasteiger partial charge in [0.05, 0.1) is 11.9 Å². The second-order valence-electron chi connectivity index (χ2n) is 2.50. The van der Waals surface area contributed by atoms with Crippen molar-refractivity contribution in [2.45, 2.75) is 6.92 Å². The topological polar surface area (TPSA) is 42.0 Å². The van der Waals surface area contributed by atoms with Gasteiger partial charge in [0.1, 0.15) is 10.5 Å². The summed E-state index contributed by atoms with van der Waals surface area (Å²) in [5.74, 6) is -0.274. The van der Waals surface area contributed by atoms with Gasteiger partial charge in [-0.25, -0.2) is 4.98 Å². The molecule has 0 saturated heterocycles. The summed E-state index contributed by atoms with van der Waals surface area (Å²) in [6, 6.07) is 1.82. The van der Waals surface area contributed by atoms with E-state index in [2.05, 4.69) is 26.2 Å². The SMILES string of the molecule is Cc1cc(Br)ncc1NC(=O)CCl. The Labute approximate surface area is 89.6 Å². The molecule has 0 aliphatic rings.